The molecule has 0 aliphatic carbocycles. The van der Waals surface area contributed by atoms with Gasteiger partial charge in [0.25, 0.3) is 0 Å². The fourth-order valence-corrected chi connectivity index (χ4v) is 2.86. The van der Waals surface area contributed by atoms with Crippen molar-refractivity contribution in [2.75, 3.05) is 41.9 Å². The molecule has 0 bridgehead atoms. The molecule has 0 N–H and O–H groups in total. The number of benzene rings is 1. The van der Waals surface area contributed by atoms with Crippen LogP contribution in [-0.4, -0.2) is 67.3 Å². The number of carbonyl (C=O) groups is 1. The molecule has 2 rings (SSSR count). The number of carbonyl (C=O) groups excluding carboxylic acids is 1. The van der Waals surface area contributed by atoms with Gasteiger partial charge in [-0.25, -0.2) is 0 Å². The summed E-state index contributed by atoms with van der Waals surface area (Å²) in [6.07, 6.45) is 2.52. The molecule has 2 aromatic rings. The maximum atomic E-state index is 12.7. The Labute approximate surface area is 149 Å². The molecule has 0 aliphatic rings. The number of rotatable bonds is 8. The second-order valence-corrected chi connectivity index (χ2v) is 6.40. The lowest BCUT2D eigenvalue weighted by atomic mass is 10.1. The normalized spacial score (nSPS) is 10.8. The molecule has 0 spiro atoms. The molecule has 0 fully saturated rings. The number of aryl methyl sites for hydroxylation is 1. The Morgan fingerprint density at radius 3 is 2.48 bits per heavy atom. The number of aromatic nitrogens is 2. The van der Waals surface area contributed by atoms with Gasteiger partial charge in [0.15, 0.2) is 5.78 Å². The fourth-order valence-electron chi connectivity index (χ4n) is 2.86. The predicted octanol–water partition coefficient (Wildman–Crippen LogP) is 2.39. The summed E-state index contributed by atoms with van der Waals surface area (Å²) in [5.41, 5.74) is 2.68. The molecule has 1 aromatic carbocycles. The zero-order valence-corrected chi connectivity index (χ0v) is 16.0. The van der Waals surface area contributed by atoms with Crippen LogP contribution in [0.1, 0.15) is 23.0 Å². The van der Waals surface area contributed by atoms with Crippen LogP contribution in [0.15, 0.2) is 30.1 Å². The molecular formula is C19H28N4O2. The Kier molecular flexibility index (Phi) is 6.20. The van der Waals surface area contributed by atoms with Gasteiger partial charge in [0.1, 0.15) is 5.82 Å². The van der Waals surface area contributed by atoms with Crippen LogP contribution < -0.4 is 0 Å². The number of methoxy groups -OCH3 is 1. The van der Waals surface area contributed by atoms with E-state index in [1.165, 1.54) is 0 Å². The quantitative estimate of drug-likeness (QED) is 0.544. The minimum absolute atomic E-state index is 0.0168. The number of ketones is 1. The molecule has 0 atom stereocenters. The van der Waals surface area contributed by atoms with Crippen LogP contribution in [0.5, 0.6) is 0 Å². The van der Waals surface area contributed by atoms with Crippen molar-refractivity contribution in [2.45, 2.75) is 19.9 Å². The second kappa shape index (κ2) is 8.16. The van der Waals surface area contributed by atoms with E-state index in [-0.39, 0.29) is 5.78 Å². The van der Waals surface area contributed by atoms with Crippen LogP contribution in [-0.2, 0) is 17.7 Å². The first kappa shape index (κ1) is 19.0. The zero-order chi connectivity index (χ0) is 18.6. The third-order valence-corrected chi connectivity index (χ3v) is 4.13. The molecule has 136 valence electrons. The molecule has 6 nitrogen and oxygen atoms in total. The van der Waals surface area contributed by atoms with Crippen LogP contribution >= 0.6 is 0 Å². The van der Waals surface area contributed by atoms with Crippen LogP contribution in [0.4, 0.5) is 0 Å². The third-order valence-electron chi connectivity index (χ3n) is 4.13. The highest BCUT2D eigenvalue weighted by Gasteiger charge is 2.13. The van der Waals surface area contributed by atoms with Gasteiger partial charge in [-0.1, -0.05) is 19.1 Å². The lowest BCUT2D eigenvalue weighted by Gasteiger charge is -2.24. The van der Waals surface area contributed by atoms with E-state index in [2.05, 4.69) is 12.0 Å². The first-order valence-corrected chi connectivity index (χ1v) is 8.48. The number of allylic oxidation sites excluding steroid dienone is 1. The molecule has 0 radical (unpaired) electrons. The summed E-state index contributed by atoms with van der Waals surface area (Å²) in [4.78, 5) is 16.6. The highest BCUT2D eigenvalue weighted by Crippen LogP contribution is 2.22. The maximum absolute atomic E-state index is 12.7. The summed E-state index contributed by atoms with van der Waals surface area (Å²) in [5.74, 6) is 0.837. The van der Waals surface area contributed by atoms with Gasteiger partial charge >= 0.3 is 0 Å². The Morgan fingerprint density at radius 1 is 1.24 bits per heavy atom. The molecular weight excluding hydrogens is 316 g/mol. The lowest BCUT2D eigenvalue weighted by molar-refractivity contribution is 0.104. The van der Waals surface area contributed by atoms with Crippen LogP contribution in [0.25, 0.3) is 10.9 Å². The van der Waals surface area contributed by atoms with Gasteiger partial charge in [0.2, 0.25) is 0 Å². The van der Waals surface area contributed by atoms with Gasteiger partial charge in [0.05, 0.1) is 24.4 Å². The van der Waals surface area contributed by atoms with Gasteiger partial charge in [-0.15, -0.1) is 0 Å². The van der Waals surface area contributed by atoms with Crippen molar-refractivity contribution in [3.05, 3.63) is 41.4 Å². The fraction of sp³-hybridized carbons (Fsp3) is 0.474. The van der Waals surface area contributed by atoms with Crippen molar-refractivity contribution >= 4 is 16.7 Å². The largest absolute Gasteiger partial charge is 0.383 e. The minimum Gasteiger partial charge on any atom is -0.383 e. The monoisotopic (exact) mass is 344 g/mol. The Balaban J connectivity index is 2.45. The van der Waals surface area contributed by atoms with E-state index in [1.807, 2.05) is 60.9 Å². The van der Waals surface area contributed by atoms with E-state index in [4.69, 9.17) is 4.74 Å². The lowest BCUT2D eigenvalue weighted by Crippen LogP contribution is -2.25. The van der Waals surface area contributed by atoms with E-state index >= 15 is 0 Å². The van der Waals surface area contributed by atoms with E-state index < -0.39 is 0 Å². The number of nitrogens with zero attached hydrogens (tertiary/aromatic N) is 4. The first-order chi connectivity index (χ1) is 11.9. The minimum atomic E-state index is -0.0168. The highest BCUT2D eigenvalue weighted by atomic mass is 16.5. The maximum Gasteiger partial charge on any atom is 0.189 e. The van der Waals surface area contributed by atoms with Gasteiger partial charge in [-0.2, -0.15) is 5.10 Å². The van der Waals surface area contributed by atoms with Gasteiger partial charge in [-0.3, -0.25) is 9.48 Å². The summed E-state index contributed by atoms with van der Waals surface area (Å²) in [7, 11) is 9.38. The summed E-state index contributed by atoms with van der Waals surface area (Å²) in [5, 5.41) is 5.75. The zero-order valence-electron chi connectivity index (χ0n) is 16.0. The van der Waals surface area contributed by atoms with Crippen LogP contribution in [0, 0.1) is 0 Å². The molecule has 1 heterocycles. The Morgan fingerprint density at radius 2 is 1.92 bits per heavy atom. The van der Waals surface area contributed by atoms with Crippen molar-refractivity contribution in [1.29, 1.82) is 0 Å². The third kappa shape index (κ3) is 4.20. The number of ether oxygens (including phenoxy) is 1. The van der Waals surface area contributed by atoms with Gasteiger partial charge in [0, 0.05) is 52.3 Å². The Hall–Kier alpha value is -2.34. The number of hydrogen-bond acceptors (Lipinski definition) is 5. The first-order valence-electron chi connectivity index (χ1n) is 8.48. The Bertz CT molecular complexity index is 765. The van der Waals surface area contributed by atoms with Gasteiger partial charge < -0.3 is 14.5 Å². The summed E-state index contributed by atoms with van der Waals surface area (Å²) in [6, 6.07) is 5.81. The van der Waals surface area contributed by atoms with Gasteiger partial charge in [-0.05, 0) is 12.5 Å². The molecule has 0 saturated heterocycles. The molecule has 1 aromatic heterocycles. The van der Waals surface area contributed by atoms with Crippen molar-refractivity contribution in [2.24, 2.45) is 0 Å². The van der Waals surface area contributed by atoms with Crippen LogP contribution in [0.3, 0.4) is 0 Å². The number of hydrogen-bond donors (Lipinski definition) is 0. The van der Waals surface area contributed by atoms with E-state index in [9.17, 15) is 4.79 Å². The average Bonchev–Trinajstić information content (AvgIpc) is 2.94. The summed E-state index contributed by atoms with van der Waals surface area (Å²) >= 11 is 0. The van der Waals surface area contributed by atoms with E-state index in [1.54, 1.807) is 13.2 Å². The van der Waals surface area contributed by atoms with Crippen molar-refractivity contribution < 1.29 is 9.53 Å². The summed E-state index contributed by atoms with van der Waals surface area (Å²) < 4.78 is 7.10. The molecule has 0 amide bonds. The molecule has 6 heteroatoms. The van der Waals surface area contributed by atoms with E-state index in [0.29, 0.717) is 18.7 Å². The predicted molar refractivity (Wildman–Crippen MR) is 101 cm³/mol. The topological polar surface area (TPSA) is 50.6 Å². The SMILES string of the molecule is CCc1nn(CCOC)c2cc(C(=O)C=C(N(C)C)N(C)C)ccc12. The smallest absolute Gasteiger partial charge is 0.189 e. The average molecular weight is 344 g/mol. The molecule has 0 unspecified atom stereocenters. The van der Waals surface area contributed by atoms with E-state index in [0.717, 1.165) is 28.8 Å². The molecule has 0 saturated carbocycles. The summed E-state index contributed by atoms with van der Waals surface area (Å²) in [6.45, 7) is 3.34. The number of fused-ring (bicyclic) bond motifs is 1. The molecule has 0 aliphatic heterocycles. The van der Waals surface area contributed by atoms with Crippen molar-refractivity contribution in [1.82, 2.24) is 19.6 Å². The van der Waals surface area contributed by atoms with Crippen molar-refractivity contribution in [3.63, 3.8) is 0 Å². The van der Waals surface area contributed by atoms with Crippen molar-refractivity contribution in [3.8, 4) is 0 Å². The molecule has 25 heavy (non-hydrogen) atoms. The highest BCUT2D eigenvalue weighted by molar-refractivity contribution is 6.06. The van der Waals surface area contributed by atoms with Crippen LogP contribution in [0.2, 0.25) is 0 Å². The standard InChI is InChI=1S/C19H28N4O2/c1-7-16-15-9-8-14(12-17(15)23(20-16)10-11-25-6)18(24)13-19(21(2)3)22(4)5/h8-9,12-13H,7,10-11H2,1-6H3. The second-order valence-electron chi connectivity index (χ2n) is 6.40.